The predicted molar refractivity (Wildman–Crippen MR) is 61.5 cm³/mol. The van der Waals surface area contributed by atoms with Gasteiger partial charge >= 0.3 is 6.18 Å². The van der Waals surface area contributed by atoms with E-state index in [0.29, 0.717) is 31.3 Å². The highest BCUT2D eigenvalue weighted by atomic mass is 35.5. The Morgan fingerprint density at radius 1 is 1.12 bits per heavy atom. The van der Waals surface area contributed by atoms with E-state index >= 15 is 0 Å². The fourth-order valence-corrected chi connectivity index (χ4v) is 1.31. The van der Waals surface area contributed by atoms with Crippen LogP contribution in [0.15, 0.2) is 24.3 Å². The predicted octanol–water partition coefficient (Wildman–Crippen LogP) is 3.37. The molecule has 0 atom stereocenters. The molecule has 0 fully saturated rings. The minimum absolute atomic E-state index is 0.431. The van der Waals surface area contributed by atoms with Crippen LogP contribution in [-0.4, -0.2) is 25.6 Å². The highest BCUT2D eigenvalue weighted by Gasteiger charge is 2.29. The van der Waals surface area contributed by atoms with Gasteiger partial charge in [-0.15, -0.1) is 11.6 Å². The smallest absolute Gasteiger partial charge is 0.383 e. The van der Waals surface area contributed by atoms with E-state index in [1.54, 1.807) is 0 Å². The fraction of sp³-hybridized carbons (Fsp3) is 0.455. The van der Waals surface area contributed by atoms with Gasteiger partial charge in [-0.05, 0) is 24.3 Å². The van der Waals surface area contributed by atoms with Gasteiger partial charge in [0.15, 0.2) is 0 Å². The van der Waals surface area contributed by atoms with Crippen LogP contribution in [0.2, 0.25) is 0 Å². The second-order valence-corrected chi connectivity index (χ2v) is 3.68. The number of alkyl halides is 4. The SMILES string of the molecule is FC(F)(F)c1ccc(NCCOCCCl)cc1. The maximum absolute atomic E-state index is 12.3. The molecule has 0 aliphatic heterocycles. The molecule has 0 aromatic heterocycles. The average Bonchev–Trinajstić information content (AvgIpc) is 2.28. The molecule has 0 aliphatic carbocycles. The van der Waals surface area contributed by atoms with Crippen molar-refractivity contribution in [2.75, 3.05) is 31.0 Å². The molecule has 0 aliphatic rings. The average molecular weight is 268 g/mol. The topological polar surface area (TPSA) is 21.3 Å². The van der Waals surface area contributed by atoms with Crippen LogP contribution in [0.5, 0.6) is 0 Å². The summed E-state index contributed by atoms with van der Waals surface area (Å²) in [5.41, 5.74) is -0.0195. The number of anilines is 1. The largest absolute Gasteiger partial charge is 0.416 e. The summed E-state index contributed by atoms with van der Waals surface area (Å²) in [6.07, 6.45) is -4.29. The Morgan fingerprint density at radius 2 is 1.76 bits per heavy atom. The quantitative estimate of drug-likeness (QED) is 0.630. The highest BCUT2D eigenvalue weighted by molar-refractivity contribution is 6.17. The lowest BCUT2D eigenvalue weighted by Crippen LogP contribution is -2.11. The minimum Gasteiger partial charge on any atom is -0.383 e. The van der Waals surface area contributed by atoms with Crippen LogP contribution < -0.4 is 5.32 Å². The Bertz CT molecular complexity index is 326. The summed E-state index contributed by atoms with van der Waals surface area (Å²) in [5, 5.41) is 2.95. The van der Waals surface area contributed by atoms with Crippen LogP contribution in [0.3, 0.4) is 0 Å². The Hall–Kier alpha value is -0.940. The Labute approximate surface area is 103 Å². The van der Waals surface area contributed by atoms with E-state index < -0.39 is 11.7 Å². The van der Waals surface area contributed by atoms with Gasteiger partial charge in [0.05, 0.1) is 18.8 Å². The number of nitrogens with one attached hydrogen (secondary N) is 1. The lowest BCUT2D eigenvalue weighted by Gasteiger charge is -2.09. The van der Waals surface area contributed by atoms with Gasteiger partial charge in [-0.3, -0.25) is 0 Å². The molecule has 96 valence electrons. The van der Waals surface area contributed by atoms with Crippen LogP contribution >= 0.6 is 11.6 Å². The van der Waals surface area contributed by atoms with Crippen LogP contribution in [-0.2, 0) is 10.9 Å². The van der Waals surface area contributed by atoms with Crippen molar-refractivity contribution in [2.45, 2.75) is 6.18 Å². The molecule has 0 amide bonds. The molecule has 0 spiro atoms. The first kappa shape index (κ1) is 14.1. The Balaban J connectivity index is 2.36. The number of benzene rings is 1. The third-order valence-electron chi connectivity index (χ3n) is 2.01. The van der Waals surface area contributed by atoms with Crippen LogP contribution in [0.25, 0.3) is 0 Å². The summed E-state index contributed by atoms with van der Waals surface area (Å²) in [6.45, 7) is 1.46. The van der Waals surface area contributed by atoms with Crippen molar-refractivity contribution >= 4 is 17.3 Å². The van der Waals surface area contributed by atoms with Gasteiger partial charge in [0.2, 0.25) is 0 Å². The molecule has 6 heteroatoms. The van der Waals surface area contributed by atoms with Crippen molar-refractivity contribution in [1.29, 1.82) is 0 Å². The number of halogens is 4. The first-order chi connectivity index (χ1) is 8.04. The van der Waals surface area contributed by atoms with E-state index in [9.17, 15) is 13.2 Å². The van der Waals surface area contributed by atoms with Crippen molar-refractivity contribution in [2.24, 2.45) is 0 Å². The summed E-state index contributed by atoms with van der Waals surface area (Å²) >= 11 is 5.41. The second kappa shape index (κ2) is 6.71. The van der Waals surface area contributed by atoms with Gasteiger partial charge in [-0.25, -0.2) is 0 Å². The molecule has 0 saturated carbocycles. The monoisotopic (exact) mass is 267 g/mol. The maximum Gasteiger partial charge on any atom is 0.416 e. The molecule has 0 unspecified atom stereocenters. The molecule has 2 nitrogen and oxygen atoms in total. The summed E-state index contributed by atoms with van der Waals surface area (Å²) in [6, 6.07) is 4.87. The van der Waals surface area contributed by atoms with E-state index in [0.717, 1.165) is 12.1 Å². The Morgan fingerprint density at radius 3 is 2.29 bits per heavy atom. The van der Waals surface area contributed by atoms with E-state index in [4.69, 9.17) is 16.3 Å². The van der Waals surface area contributed by atoms with Crippen LogP contribution in [0, 0.1) is 0 Å². The number of ether oxygens (including phenoxy) is 1. The zero-order valence-corrected chi connectivity index (χ0v) is 9.81. The summed E-state index contributed by atoms with van der Waals surface area (Å²) < 4.78 is 41.9. The number of hydrogen-bond donors (Lipinski definition) is 1. The van der Waals surface area contributed by atoms with Gasteiger partial charge in [0.25, 0.3) is 0 Å². The van der Waals surface area contributed by atoms with Crippen molar-refractivity contribution < 1.29 is 17.9 Å². The van der Waals surface area contributed by atoms with Gasteiger partial charge in [0, 0.05) is 18.1 Å². The molecule has 0 radical (unpaired) electrons. The lowest BCUT2D eigenvalue weighted by molar-refractivity contribution is -0.137. The van der Waals surface area contributed by atoms with Crippen LogP contribution in [0.4, 0.5) is 18.9 Å². The highest BCUT2D eigenvalue weighted by Crippen LogP contribution is 2.29. The van der Waals surface area contributed by atoms with Crippen molar-refractivity contribution in [3.8, 4) is 0 Å². The molecular formula is C11H13ClF3NO. The zero-order valence-electron chi connectivity index (χ0n) is 9.06. The first-order valence-electron chi connectivity index (χ1n) is 5.09. The van der Waals surface area contributed by atoms with Gasteiger partial charge < -0.3 is 10.1 Å². The van der Waals surface area contributed by atoms with Gasteiger partial charge in [0.1, 0.15) is 0 Å². The first-order valence-corrected chi connectivity index (χ1v) is 5.62. The molecule has 1 N–H and O–H groups in total. The van der Waals surface area contributed by atoms with E-state index in [-0.39, 0.29) is 0 Å². The standard InChI is InChI=1S/C11H13ClF3NO/c12-5-7-17-8-6-16-10-3-1-9(2-4-10)11(13,14)15/h1-4,16H,5-8H2. The molecule has 0 saturated heterocycles. The normalized spacial score (nSPS) is 11.5. The van der Waals surface area contributed by atoms with Gasteiger partial charge in [-0.1, -0.05) is 0 Å². The van der Waals surface area contributed by atoms with E-state index in [2.05, 4.69) is 5.32 Å². The molecule has 1 aromatic rings. The van der Waals surface area contributed by atoms with E-state index in [1.165, 1.54) is 12.1 Å². The second-order valence-electron chi connectivity index (χ2n) is 3.30. The third-order valence-corrected chi connectivity index (χ3v) is 2.16. The van der Waals surface area contributed by atoms with Crippen molar-refractivity contribution in [1.82, 2.24) is 0 Å². The van der Waals surface area contributed by atoms with Crippen molar-refractivity contribution in [3.05, 3.63) is 29.8 Å². The summed E-state index contributed by atoms with van der Waals surface area (Å²) in [7, 11) is 0. The summed E-state index contributed by atoms with van der Waals surface area (Å²) in [5.74, 6) is 0.431. The lowest BCUT2D eigenvalue weighted by atomic mass is 10.2. The fourth-order valence-electron chi connectivity index (χ4n) is 1.20. The van der Waals surface area contributed by atoms with Crippen LogP contribution in [0.1, 0.15) is 5.56 Å². The number of rotatable bonds is 6. The molecule has 0 bridgehead atoms. The maximum atomic E-state index is 12.3. The summed E-state index contributed by atoms with van der Waals surface area (Å²) in [4.78, 5) is 0. The molecule has 0 heterocycles. The van der Waals surface area contributed by atoms with E-state index in [1.807, 2.05) is 0 Å². The van der Waals surface area contributed by atoms with Gasteiger partial charge in [-0.2, -0.15) is 13.2 Å². The minimum atomic E-state index is -4.29. The number of hydrogen-bond acceptors (Lipinski definition) is 2. The zero-order chi connectivity index (χ0) is 12.7. The molecule has 17 heavy (non-hydrogen) atoms. The molecular weight excluding hydrogens is 255 g/mol. The van der Waals surface area contributed by atoms with Crippen molar-refractivity contribution in [3.63, 3.8) is 0 Å². The molecule has 1 rings (SSSR count). The molecule has 1 aromatic carbocycles. The third kappa shape index (κ3) is 5.28. The Kier molecular flexibility index (Phi) is 5.58.